The predicted octanol–water partition coefficient (Wildman–Crippen LogP) is 4.16. The highest BCUT2D eigenvalue weighted by Gasteiger charge is 2.18. The van der Waals surface area contributed by atoms with Crippen LogP contribution < -0.4 is 11.3 Å². The molecule has 3 heteroatoms. The normalized spacial score (nSPS) is 14.5. The number of ether oxygens (including phenoxy) is 1. The summed E-state index contributed by atoms with van der Waals surface area (Å²) in [6.07, 6.45) is 14.5. The van der Waals surface area contributed by atoms with Gasteiger partial charge in [-0.2, -0.15) is 0 Å². The van der Waals surface area contributed by atoms with E-state index in [1.165, 1.54) is 51.4 Å². The van der Waals surface area contributed by atoms with E-state index in [0.717, 1.165) is 19.3 Å². The van der Waals surface area contributed by atoms with E-state index in [2.05, 4.69) is 19.3 Å². The van der Waals surface area contributed by atoms with Crippen LogP contribution in [0.4, 0.5) is 0 Å². The van der Waals surface area contributed by atoms with Gasteiger partial charge in [-0.25, -0.2) is 0 Å². The Morgan fingerprint density at radius 3 is 1.89 bits per heavy atom. The van der Waals surface area contributed by atoms with Crippen molar-refractivity contribution in [3.05, 3.63) is 0 Å². The molecule has 0 heterocycles. The second-order valence-electron chi connectivity index (χ2n) is 5.60. The van der Waals surface area contributed by atoms with E-state index in [9.17, 15) is 0 Å². The van der Waals surface area contributed by atoms with Gasteiger partial charge < -0.3 is 4.74 Å². The van der Waals surface area contributed by atoms with Crippen LogP contribution in [0.25, 0.3) is 0 Å². The molecule has 3 N–H and O–H groups in total. The first-order valence-electron chi connectivity index (χ1n) is 8.29. The molecule has 0 fully saturated rings. The number of nitrogens with one attached hydrogen (secondary N) is 1. The Balaban J connectivity index is 3.55. The molecule has 0 saturated heterocycles. The molecule has 0 rings (SSSR count). The largest absolute Gasteiger partial charge is 0.380 e. The number of hydrogen-bond acceptors (Lipinski definition) is 3. The van der Waals surface area contributed by atoms with Gasteiger partial charge in [0.05, 0.1) is 6.10 Å². The standard InChI is InChI=1S/C16H36N2O/c1-4-6-7-8-9-10-11-12-14-15(18-17)16(19-3)13-5-2/h15-16,18H,4-14,17H2,1-3H3. The predicted molar refractivity (Wildman–Crippen MR) is 84.0 cm³/mol. The second-order valence-corrected chi connectivity index (χ2v) is 5.60. The first kappa shape index (κ1) is 18.9. The number of rotatable bonds is 14. The van der Waals surface area contributed by atoms with Gasteiger partial charge in [0.2, 0.25) is 0 Å². The first-order valence-corrected chi connectivity index (χ1v) is 8.29. The van der Waals surface area contributed by atoms with Crippen LogP contribution in [0, 0.1) is 0 Å². The van der Waals surface area contributed by atoms with Crippen molar-refractivity contribution >= 4 is 0 Å². The second kappa shape index (κ2) is 14.3. The molecule has 0 aliphatic rings. The number of hydrazine groups is 1. The molecule has 2 atom stereocenters. The van der Waals surface area contributed by atoms with Gasteiger partial charge in [-0.1, -0.05) is 71.6 Å². The van der Waals surface area contributed by atoms with Gasteiger partial charge in [0.15, 0.2) is 0 Å². The van der Waals surface area contributed by atoms with Crippen LogP contribution in [-0.4, -0.2) is 19.3 Å². The maximum atomic E-state index is 5.65. The molecule has 0 amide bonds. The van der Waals surface area contributed by atoms with E-state index < -0.39 is 0 Å². The third-order valence-electron chi connectivity index (χ3n) is 3.91. The van der Waals surface area contributed by atoms with E-state index in [1.807, 2.05) is 0 Å². The van der Waals surface area contributed by atoms with Crippen molar-refractivity contribution in [2.24, 2.45) is 5.84 Å². The zero-order valence-electron chi connectivity index (χ0n) is 13.4. The summed E-state index contributed by atoms with van der Waals surface area (Å²) in [7, 11) is 1.79. The molecule has 0 bridgehead atoms. The Hall–Kier alpha value is -0.120. The minimum absolute atomic E-state index is 0.263. The Morgan fingerprint density at radius 2 is 1.42 bits per heavy atom. The van der Waals surface area contributed by atoms with E-state index >= 15 is 0 Å². The minimum atomic E-state index is 0.263. The van der Waals surface area contributed by atoms with Crippen LogP contribution in [0.2, 0.25) is 0 Å². The highest BCUT2D eigenvalue weighted by atomic mass is 16.5. The molecule has 0 aromatic heterocycles. The Bertz CT molecular complexity index is 176. The van der Waals surface area contributed by atoms with Crippen LogP contribution in [0.5, 0.6) is 0 Å². The van der Waals surface area contributed by atoms with E-state index in [0.29, 0.717) is 6.04 Å². The summed E-state index contributed by atoms with van der Waals surface area (Å²) in [6, 6.07) is 0.310. The van der Waals surface area contributed by atoms with Gasteiger partial charge in [-0.15, -0.1) is 0 Å². The molecule has 3 nitrogen and oxygen atoms in total. The average Bonchev–Trinajstić information content (AvgIpc) is 2.44. The van der Waals surface area contributed by atoms with Crippen molar-refractivity contribution in [2.75, 3.05) is 7.11 Å². The third kappa shape index (κ3) is 10.3. The lowest BCUT2D eigenvalue weighted by atomic mass is 9.99. The average molecular weight is 272 g/mol. The zero-order chi connectivity index (χ0) is 14.3. The van der Waals surface area contributed by atoms with E-state index in [4.69, 9.17) is 10.6 Å². The minimum Gasteiger partial charge on any atom is -0.380 e. The van der Waals surface area contributed by atoms with Crippen LogP contribution in [-0.2, 0) is 4.74 Å². The Morgan fingerprint density at radius 1 is 0.842 bits per heavy atom. The molecule has 2 unspecified atom stereocenters. The summed E-state index contributed by atoms with van der Waals surface area (Å²) < 4.78 is 5.52. The maximum absolute atomic E-state index is 5.65. The lowest BCUT2D eigenvalue weighted by Gasteiger charge is -2.25. The molecular formula is C16H36N2O. The molecule has 0 aromatic rings. The lowest BCUT2D eigenvalue weighted by molar-refractivity contribution is 0.0572. The summed E-state index contributed by atoms with van der Waals surface area (Å²) in [5.74, 6) is 5.65. The Labute approximate surface area is 120 Å². The van der Waals surface area contributed by atoms with Gasteiger partial charge in [0, 0.05) is 13.2 Å². The highest BCUT2D eigenvalue weighted by Crippen LogP contribution is 2.14. The van der Waals surface area contributed by atoms with Gasteiger partial charge in [0.25, 0.3) is 0 Å². The monoisotopic (exact) mass is 272 g/mol. The number of hydrogen-bond donors (Lipinski definition) is 2. The van der Waals surface area contributed by atoms with Crippen molar-refractivity contribution in [3.8, 4) is 0 Å². The topological polar surface area (TPSA) is 47.3 Å². The molecule has 0 aliphatic carbocycles. The lowest BCUT2D eigenvalue weighted by Crippen LogP contribution is -2.44. The third-order valence-corrected chi connectivity index (χ3v) is 3.91. The zero-order valence-corrected chi connectivity index (χ0v) is 13.4. The van der Waals surface area contributed by atoms with Crippen molar-refractivity contribution in [3.63, 3.8) is 0 Å². The van der Waals surface area contributed by atoms with Crippen molar-refractivity contribution in [2.45, 2.75) is 96.6 Å². The van der Waals surface area contributed by atoms with Crippen molar-refractivity contribution < 1.29 is 4.74 Å². The fraction of sp³-hybridized carbons (Fsp3) is 1.00. The molecule has 19 heavy (non-hydrogen) atoms. The molecule has 0 spiro atoms. The van der Waals surface area contributed by atoms with Gasteiger partial charge >= 0.3 is 0 Å². The van der Waals surface area contributed by atoms with E-state index in [-0.39, 0.29) is 6.10 Å². The first-order chi connectivity index (χ1) is 9.29. The van der Waals surface area contributed by atoms with Crippen molar-refractivity contribution in [1.82, 2.24) is 5.43 Å². The number of unbranched alkanes of at least 4 members (excludes halogenated alkanes) is 7. The van der Waals surface area contributed by atoms with Gasteiger partial charge in [-0.05, 0) is 12.8 Å². The fourth-order valence-corrected chi connectivity index (χ4v) is 2.64. The summed E-state index contributed by atoms with van der Waals surface area (Å²) >= 11 is 0. The number of methoxy groups -OCH3 is 1. The molecular weight excluding hydrogens is 236 g/mol. The molecule has 0 radical (unpaired) electrons. The summed E-state index contributed by atoms with van der Waals surface area (Å²) in [6.45, 7) is 4.46. The van der Waals surface area contributed by atoms with Crippen molar-refractivity contribution in [1.29, 1.82) is 0 Å². The smallest absolute Gasteiger partial charge is 0.0737 e. The maximum Gasteiger partial charge on any atom is 0.0737 e. The van der Waals surface area contributed by atoms with Crippen LogP contribution in [0.15, 0.2) is 0 Å². The quantitative estimate of drug-likeness (QED) is 0.283. The highest BCUT2D eigenvalue weighted by molar-refractivity contribution is 4.74. The summed E-state index contributed by atoms with van der Waals surface area (Å²) in [4.78, 5) is 0. The Kier molecular flexibility index (Phi) is 14.2. The molecule has 116 valence electrons. The fourth-order valence-electron chi connectivity index (χ4n) is 2.64. The van der Waals surface area contributed by atoms with E-state index in [1.54, 1.807) is 7.11 Å². The molecule has 0 aromatic carbocycles. The number of nitrogens with two attached hydrogens (primary N) is 1. The van der Waals surface area contributed by atoms with Gasteiger partial charge in [0.1, 0.15) is 0 Å². The molecule has 0 saturated carbocycles. The van der Waals surface area contributed by atoms with Crippen LogP contribution >= 0.6 is 0 Å². The molecule has 0 aliphatic heterocycles. The van der Waals surface area contributed by atoms with Crippen LogP contribution in [0.3, 0.4) is 0 Å². The van der Waals surface area contributed by atoms with Gasteiger partial charge in [-0.3, -0.25) is 11.3 Å². The SMILES string of the molecule is CCCCCCCCCCC(NN)C(CCC)OC. The van der Waals surface area contributed by atoms with Crippen LogP contribution in [0.1, 0.15) is 84.5 Å². The summed E-state index contributed by atoms with van der Waals surface area (Å²) in [5.41, 5.74) is 2.93. The summed E-state index contributed by atoms with van der Waals surface area (Å²) in [5, 5.41) is 0.